The van der Waals surface area contributed by atoms with E-state index < -0.39 is 18.4 Å². The van der Waals surface area contributed by atoms with Crippen molar-refractivity contribution < 1.29 is 41.0 Å². The molecule has 0 radical (unpaired) electrons. The Hall–Kier alpha value is -3.89. The zero-order valence-corrected chi connectivity index (χ0v) is 17.5. The first-order valence-electron chi connectivity index (χ1n) is 9.20. The molecule has 0 aliphatic carbocycles. The first kappa shape index (κ1) is 27.1. The van der Waals surface area contributed by atoms with Gasteiger partial charge in [0.15, 0.2) is 6.29 Å². The van der Waals surface area contributed by atoms with Crippen LogP contribution in [-0.2, 0) is 11.0 Å². The van der Waals surface area contributed by atoms with Gasteiger partial charge in [0.25, 0.3) is 0 Å². The summed E-state index contributed by atoms with van der Waals surface area (Å²) in [7, 11) is 3.56. The minimum absolute atomic E-state index is 0.0875. The van der Waals surface area contributed by atoms with E-state index in [2.05, 4.69) is 15.4 Å². The second-order valence-electron chi connectivity index (χ2n) is 5.95. The molecule has 0 fully saturated rings. The lowest BCUT2D eigenvalue weighted by Crippen LogP contribution is -2.06. The van der Waals surface area contributed by atoms with Gasteiger partial charge in [-0.15, -0.1) is 0 Å². The van der Waals surface area contributed by atoms with E-state index in [4.69, 9.17) is 4.74 Å². The highest BCUT2D eigenvalue weighted by molar-refractivity contribution is 5.80. The van der Waals surface area contributed by atoms with Crippen LogP contribution < -0.4 is 20.1 Å². The molecule has 6 nitrogen and oxygen atoms in total. The molecule has 2 N–H and O–H groups in total. The van der Waals surface area contributed by atoms with Gasteiger partial charge < -0.3 is 20.1 Å². The normalized spacial score (nSPS) is 11.5. The van der Waals surface area contributed by atoms with E-state index in [9.17, 15) is 31.5 Å². The largest absolute Gasteiger partial charge is 0.457 e. The highest BCUT2D eigenvalue weighted by Crippen LogP contribution is 2.33. The van der Waals surface area contributed by atoms with E-state index in [1.165, 1.54) is 30.3 Å². The lowest BCUT2D eigenvalue weighted by molar-refractivity contribution is -0.137. The smallest absolute Gasteiger partial charge is 0.416 e. The highest BCUT2D eigenvalue weighted by atomic mass is 19.4. The molecule has 0 bridgehead atoms. The monoisotopic (exact) mass is 472 g/mol. The van der Waals surface area contributed by atoms with Crippen LogP contribution in [0.15, 0.2) is 66.5 Å². The molecule has 0 saturated heterocycles. The molecule has 2 rings (SSSR count). The molecule has 0 aliphatic rings. The van der Waals surface area contributed by atoms with Gasteiger partial charge in [0.1, 0.15) is 23.5 Å². The zero-order chi connectivity index (χ0) is 24.9. The van der Waals surface area contributed by atoms with Gasteiger partial charge in [0.2, 0.25) is 0 Å². The van der Waals surface area contributed by atoms with Crippen molar-refractivity contribution >= 4 is 12.6 Å². The van der Waals surface area contributed by atoms with Crippen molar-refractivity contribution in [1.82, 2.24) is 10.6 Å². The second kappa shape index (κ2) is 13.5. The van der Waals surface area contributed by atoms with Gasteiger partial charge in [0, 0.05) is 25.9 Å². The van der Waals surface area contributed by atoms with Crippen molar-refractivity contribution in [1.29, 1.82) is 0 Å². The van der Waals surface area contributed by atoms with Crippen molar-refractivity contribution in [3.8, 4) is 17.2 Å². The summed E-state index contributed by atoms with van der Waals surface area (Å²) in [5.41, 5.74) is -0.482. The molecule has 0 saturated carbocycles. The summed E-state index contributed by atoms with van der Waals surface area (Å²) in [5.74, 6) is -0.0413. The minimum atomic E-state index is -4.58. The lowest BCUT2D eigenvalue weighted by Gasteiger charge is -2.12. The second-order valence-corrected chi connectivity index (χ2v) is 5.95. The van der Waals surface area contributed by atoms with E-state index in [1.807, 2.05) is 0 Å². The molecule has 0 aliphatic heterocycles. The predicted molar refractivity (Wildman–Crippen MR) is 111 cm³/mol. The topological polar surface area (TPSA) is 76.7 Å². The fraction of sp³-hybridized carbons (Fsp3) is 0.182. The summed E-state index contributed by atoms with van der Waals surface area (Å²) in [6.07, 6.45) is 1.36. The van der Waals surface area contributed by atoms with Crippen molar-refractivity contribution in [2.75, 3.05) is 14.1 Å². The maximum absolute atomic E-state index is 12.6. The first-order chi connectivity index (χ1) is 15.6. The molecular formula is C22H21F5N2O4. The Bertz CT molecular complexity index is 958. The number of carbonyl (C=O) groups excluding carboxylic acids is 2. The molecule has 33 heavy (non-hydrogen) atoms. The number of alkyl halides is 5. The Morgan fingerprint density at radius 3 is 2.12 bits per heavy atom. The summed E-state index contributed by atoms with van der Waals surface area (Å²) in [6.45, 7) is -2.97. The lowest BCUT2D eigenvalue weighted by atomic mass is 10.1. The van der Waals surface area contributed by atoms with Crippen LogP contribution in [0.25, 0.3) is 0 Å². The van der Waals surface area contributed by atoms with E-state index in [0.717, 1.165) is 24.1 Å². The predicted octanol–water partition coefficient (Wildman–Crippen LogP) is 4.93. The van der Waals surface area contributed by atoms with Crippen LogP contribution in [0.2, 0.25) is 0 Å². The van der Waals surface area contributed by atoms with Crippen molar-refractivity contribution in [3.05, 3.63) is 77.6 Å². The van der Waals surface area contributed by atoms with Crippen LogP contribution in [0.1, 0.15) is 15.9 Å². The third-order valence-electron chi connectivity index (χ3n) is 3.71. The van der Waals surface area contributed by atoms with Crippen LogP contribution in [-0.4, -0.2) is 33.3 Å². The number of hydrogen-bond donors (Lipinski definition) is 2. The van der Waals surface area contributed by atoms with E-state index in [1.54, 1.807) is 26.4 Å². The summed E-state index contributed by atoms with van der Waals surface area (Å²) in [4.78, 5) is 20.9. The van der Waals surface area contributed by atoms with Gasteiger partial charge in [-0.1, -0.05) is 0 Å². The Labute approximate surface area is 186 Å². The van der Waals surface area contributed by atoms with Gasteiger partial charge in [0.05, 0.1) is 11.1 Å². The number of benzene rings is 2. The fourth-order valence-corrected chi connectivity index (χ4v) is 2.19. The van der Waals surface area contributed by atoms with E-state index in [-0.39, 0.29) is 29.1 Å². The van der Waals surface area contributed by atoms with Gasteiger partial charge in [-0.2, -0.15) is 22.0 Å². The van der Waals surface area contributed by atoms with Crippen LogP contribution >= 0.6 is 0 Å². The Morgan fingerprint density at radius 2 is 1.64 bits per heavy atom. The Kier molecular flexibility index (Phi) is 11.1. The van der Waals surface area contributed by atoms with Crippen LogP contribution in [0.3, 0.4) is 0 Å². The first-order valence-corrected chi connectivity index (χ1v) is 9.20. The van der Waals surface area contributed by atoms with Gasteiger partial charge in [-0.25, -0.2) is 0 Å². The third kappa shape index (κ3) is 9.85. The molecule has 0 atom stereocenters. The number of nitrogens with one attached hydrogen (secondary N) is 2. The van der Waals surface area contributed by atoms with E-state index in [0.29, 0.717) is 6.07 Å². The number of likely N-dealkylation sites (N-methyl/N-ethyl adjacent to an activating group) is 1. The maximum Gasteiger partial charge on any atom is 0.416 e. The molecule has 2 aromatic rings. The number of ether oxygens (including phenoxy) is 2. The summed E-state index contributed by atoms with van der Waals surface area (Å²) in [6, 6.07) is 7.41. The fourth-order valence-electron chi connectivity index (χ4n) is 2.19. The maximum atomic E-state index is 12.6. The molecule has 0 spiro atoms. The van der Waals surface area contributed by atoms with Crippen molar-refractivity contribution in [2.45, 2.75) is 12.8 Å². The average molecular weight is 472 g/mol. The summed E-state index contributed by atoms with van der Waals surface area (Å²) >= 11 is 0. The molecule has 0 amide bonds. The van der Waals surface area contributed by atoms with Gasteiger partial charge >= 0.3 is 12.8 Å². The third-order valence-corrected chi connectivity index (χ3v) is 3.71. The number of carbonyl (C=O) groups is 2. The minimum Gasteiger partial charge on any atom is -0.457 e. The highest BCUT2D eigenvalue weighted by Gasteiger charge is 2.31. The Balaban J connectivity index is 0.000000461. The van der Waals surface area contributed by atoms with Crippen LogP contribution in [0.4, 0.5) is 22.0 Å². The van der Waals surface area contributed by atoms with Crippen molar-refractivity contribution in [2.24, 2.45) is 0 Å². The molecule has 0 heterocycles. The number of halogens is 5. The standard InChI is InChI=1S/C15H9F5O3.C7H12N2O/c16-14(17)23-12-4-2-11(3-5-12)22-13-6-1-10(15(18,19)20)7-9(13)8-21;1-8-5-3-7(9-2)4-6-10/h1-8,14H;3-6,8-9H,1-2H3/b;5-3-,7-4+. The van der Waals surface area contributed by atoms with Crippen molar-refractivity contribution in [3.63, 3.8) is 0 Å². The number of rotatable bonds is 9. The van der Waals surface area contributed by atoms with Gasteiger partial charge in [-0.05, 0) is 54.7 Å². The average Bonchev–Trinajstić information content (AvgIpc) is 2.77. The Morgan fingerprint density at radius 1 is 1.00 bits per heavy atom. The van der Waals surface area contributed by atoms with Crippen LogP contribution in [0.5, 0.6) is 17.2 Å². The van der Waals surface area contributed by atoms with Gasteiger partial charge in [-0.3, -0.25) is 9.59 Å². The quantitative estimate of drug-likeness (QED) is 0.233. The van der Waals surface area contributed by atoms with E-state index >= 15 is 0 Å². The molecule has 11 heteroatoms. The SMILES string of the molecule is CN/C=C\C(=C/C=O)NC.O=Cc1cc(C(F)(F)F)ccc1Oc1ccc(OC(F)F)cc1. The molecule has 0 unspecified atom stereocenters. The summed E-state index contributed by atoms with van der Waals surface area (Å²) in [5, 5.41) is 5.65. The summed E-state index contributed by atoms with van der Waals surface area (Å²) < 4.78 is 71.2. The number of allylic oxidation sites excluding steroid dienone is 2. The number of hydrogen-bond acceptors (Lipinski definition) is 6. The number of aldehydes is 2. The molecule has 0 aromatic heterocycles. The molecule has 178 valence electrons. The van der Waals surface area contributed by atoms with Crippen LogP contribution in [0, 0.1) is 0 Å². The molecule has 2 aromatic carbocycles. The molecular weight excluding hydrogens is 451 g/mol. The zero-order valence-electron chi connectivity index (χ0n) is 17.5.